The maximum Gasteiger partial charge on any atom is 0.267 e. The van der Waals surface area contributed by atoms with Crippen molar-refractivity contribution in [3.05, 3.63) is 24.0 Å². The summed E-state index contributed by atoms with van der Waals surface area (Å²) in [5.74, 6) is 0.272. The first kappa shape index (κ1) is 14.8. The summed E-state index contributed by atoms with van der Waals surface area (Å²) in [4.78, 5) is 17.5. The molecule has 1 aliphatic heterocycles. The van der Waals surface area contributed by atoms with E-state index in [9.17, 15) is 4.79 Å². The number of nitrogens with one attached hydrogen (secondary N) is 1. The number of nitrogens with zero attached hydrogens (tertiary/aromatic N) is 2. The van der Waals surface area contributed by atoms with E-state index in [4.69, 9.17) is 5.73 Å². The number of rotatable bonds is 5. The van der Waals surface area contributed by atoms with Crippen molar-refractivity contribution in [3.8, 4) is 0 Å². The number of amides is 1. The molecule has 2 heterocycles. The summed E-state index contributed by atoms with van der Waals surface area (Å²) in [5.41, 5.74) is 6.66. The highest BCUT2D eigenvalue weighted by Gasteiger charge is 2.20. The molecular weight excluding hydrogens is 252 g/mol. The number of carbonyl (C=O) groups excluding carboxylic acids is 1. The van der Waals surface area contributed by atoms with Crippen molar-refractivity contribution in [1.82, 2.24) is 10.3 Å². The average Bonchev–Trinajstić information content (AvgIpc) is 2.46. The number of anilines is 1. The summed E-state index contributed by atoms with van der Waals surface area (Å²) >= 11 is 0. The van der Waals surface area contributed by atoms with E-state index in [1.165, 1.54) is 12.8 Å². The predicted octanol–water partition coefficient (Wildman–Crippen LogP) is 1.39. The molecule has 1 aliphatic rings. The third-order valence-corrected chi connectivity index (χ3v) is 3.79. The predicted molar refractivity (Wildman–Crippen MR) is 80.8 cm³/mol. The van der Waals surface area contributed by atoms with Crippen molar-refractivity contribution in [2.45, 2.75) is 32.7 Å². The van der Waals surface area contributed by atoms with Crippen LogP contribution in [-0.2, 0) is 0 Å². The Bertz CT molecular complexity index is 453. The van der Waals surface area contributed by atoms with Crippen molar-refractivity contribution in [3.63, 3.8) is 0 Å². The van der Waals surface area contributed by atoms with Gasteiger partial charge in [-0.3, -0.25) is 9.78 Å². The van der Waals surface area contributed by atoms with Crippen LogP contribution in [0.3, 0.4) is 0 Å². The summed E-state index contributed by atoms with van der Waals surface area (Å²) in [5, 5.41) is 3.50. The van der Waals surface area contributed by atoms with Crippen LogP contribution in [0.5, 0.6) is 0 Å². The zero-order chi connectivity index (χ0) is 14.5. The van der Waals surface area contributed by atoms with E-state index in [1.807, 2.05) is 6.07 Å². The number of piperidine rings is 1. The van der Waals surface area contributed by atoms with E-state index < -0.39 is 5.91 Å². The quantitative estimate of drug-likeness (QED) is 0.852. The SMILES string of the molecule is CC(C)NCC1CCN(c2ccnc(C(N)=O)c2)CC1. The third kappa shape index (κ3) is 3.93. The van der Waals surface area contributed by atoms with Crippen LogP contribution in [0.4, 0.5) is 5.69 Å². The van der Waals surface area contributed by atoms with Gasteiger partial charge in [-0.15, -0.1) is 0 Å². The Labute approximate surface area is 120 Å². The molecule has 0 bridgehead atoms. The molecule has 1 aromatic rings. The van der Waals surface area contributed by atoms with Gasteiger partial charge in [0.25, 0.3) is 5.91 Å². The molecule has 2 rings (SSSR count). The molecule has 5 heteroatoms. The number of pyridine rings is 1. The number of aromatic nitrogens is 1. The minimum absolute atomic E-state index is 0.339. The number of hydrogen-bond donors (Lipinski definition) is 2. The summed E-state index contributed by atoms with van der Waals surface area (Å²) in [6.45, 7) is 7.49. The van der Waals surface area contributed by atoms with Crippen molar-refractivity contribution in [1.29, 1.82) is 0 Å². The fourth-order valence-corrected chi connectivity index (χ4v) is 2.55. The Morgan fingerprint density at radius 2 is 2.20 bits per heavy atom. The van der Waals surface area contributed by atoms with Gasteiger partial charge in [0.05, 0.1) is 0 Å². The maximum atomic E-state index is 11.2. The van der Waals surface area contributed by atoms with Gasteiger partial charge in [0.2, 0.25) is 0 Å². The Morgan fingerprint density at radius 3 is 2.80 bits per heavy atom. The molecule has 1 fully saturated rings. The topological polar surface area (TPSA) is 71.2 Å². The first-order valence-corrected chi connectivity index (χ1v) is 7.30. The second-order valence-electron chi connectivity index (χ2n) is 5.76. The molecule has 5 nitrogen and oxygen atoms in total. The Morgan fingerprint density at radius 1 is 1.50 bits per heavy atom. The minimum Gasteiger partial charge on any atom is -0.371 e. The molecule has 0 atom stereocenters. The molecule has 0 aliphatic carbocycles. The molecule has 20 heavy (non-hydrogen) atoms. The van der Waals surface area contributed by atoms with Crippen LogP contribution in [0.1, 0.15) is 37.2 Å². The summed E-state index contributed by atoms with van der Waals surface area (Å²) in [6.07, 6.45) is 4.00. The first-order chi connectivity index (χ1) is 9.56. The molecule has 0 saturated carbocycles. The Balaban J connectivity index is 1.90. The molecule has 1 amide bonds. The lowest BCUT2D eigenvalue weighted by atomic mass is 9.96. The van der Waals surface area contributed by atoms with Gasteiger partial charge in [-0.2, -0.15) is 0 Å². The van der Waals surface area contributed by atoms with Gasteiger partial charge < -0.3 is 16.0 Å². The number of primary amides is 1. The maximum absolute atomic E-state index is 11.2. The minimum atomic E-state index is -0.470. The zero-order valence-electron chi connectivity index (χ0n) is 12.3. The highest BCUT2D eigenvalue weighted by molar-refractivity contribution is 5.91. The van der Waals surface area contributed by atoms with Gasteiger partial charge >= 0.3 is 0 Å². The summed E-state index contributed by atoms with van der Waals surface area (Å²) < 4.78 is 0. The van der Waals surface area contributed by atoms with Gasteiger partial charge in [0, 0.05) is 31.0 Å². The Kier molecular flexibility index (Phi) is 4.95. The molecule has 0 radical (unpaired) electrons. The normalized spacial score (nSPS) is 16.6. The lowest BCUT2D eigenvalue weighted by Gasteiger charge is -2.34. The smallest absolute Gasteiger partial charge is 0.267 e. The first-order valence-electron chi connectivity index (χ1n) is 7.30. The highest BCUT2D eigenvalue weighted by atomic mass is 16.1. The molecule has 0 aromatic carbocycles. The van der Waals surface area contributed by atoms with Crippen LogP contribution in [0, 0.1) is 5.92 Å². The molecular formula is C15H24N4O. The van der Waals surface area contributed by atoms with E-state index >= 15 is 0 Å². The summed E-state index contributed by atoms with van der Waals surface area (Å²) in [6, 6.07) is 4.28. The number of hydrogen-bond acceptors (Lipinski definition) is 4. The Hall–Kier alpha value is -1.62. The van der Waals surface area contributed by atoms with Crippen molar-refractivity contribution < 1.29 is 4.79 Å². The van der Waals surface area contributed by atoms with Gasteiger partial charge in [-0.05, 0) is 37.4 Å². The second kappa shape index (κ2) is 6.70. The van der Waals surface area contributed by atoms with Gasteiger partial charge in [0.15, 0.2) is 0 Å². The van der Waals surface area contributed by atoms with Crippen LogP contribution >= 0.6 is 0 Å². The van der Waals surface area contributed by atoms with Crippen LogP contribution in [-0.4, -0.2) is 36.6 Å². The largest absolute Gasteiger partial charge is 0.371 e. The molecule has 0 spiro atoms. The third-order valence-electron chi connectivity index (χ3n) is 3.79. The zero-order valence-corrected chi connectivity index (χ0v) is 12.3. The van der Waals surface area contributed by atoms with Crippen LogP contribution < -0.4 is 16.0 Å². The van der Waals surface area contributed by atoms with Gasteiger partial charge in [-0.25, -0.2) is 0 Å². The summed E-state index contributed by atoms with van der Waals surface area (Å²) in [7, 11) is 0. The molecule has 3 N–H and O–H groups in total. The van der Waals surface area contributed by atoms with Crippen molar-refractivity contribution in [2.24, 2.45) is 11.7 Å². The molecule has 110 valence electrons. The molecule has 0 unspecified atom stereocenters. The van der Waals surface area contributed by atoms with E-state index in [-0.39, 0.29) is 0 Å². The van der Waals surface area contributed by atoms with Crippen LogP contribution in [0.15, 0.2) is 18.3 Å². The van der Waals surface area contributed by atoms with Crippen molar-refractivity contribution >= 4 is 11.6 Å². The fraction of sp³-hybridized carbons (Fsp3) is 0.600. The van der Waals surface area contributed by atoms with Gasteiger partial charge in [0.1, 0.15) is 5.69 Å². The lowest BCUT2D eigenvalue weighted by molar-refractivity contribution is 0.0995. The lowest BCUT2D eigenvalue weighted by Crippen LogP contribution is -2.38. The van der Waals surface area contributed by atoms with Crippen LogP contribution in [0.25, 0.3) is 0 Å². The van der Waals surface area contributed by atoms with E-state index in [2.05, 4.69) is 29.0 Å². The van der Waals surface area contributed by atoms with Gasteiger partial charge in [-0.1, -0.05) is 13.8 Å². The monoisotopic (exact) mass is 276 g/mol. The average molecular weight is 276 g/mol. The van der Waals surface area contributed by atoms with E-state index in [0.29, 0.717) is 11.7 Å². The van der Waals surface area contributed by atoms with Crippen molar-refractivity contribution in [2.75, 3.05) is 24.5 Å². The molecule has 1 saturated heterocycles. The second-order valence-corrected chi connectivity index (χ2v) is 5.76. The van der Waals surface area contributed by atoms with E-state index in [0.717, 1.165) is 31.2 Å². The fourth-order valence-electron chi connectivity index (χ4n) is 2.55. The van der Waals surface area contributed by atoms with E-state index in [1.54, 1.807) is 12.3 Å². The highest BCUT2D eigenvalue weighted by Crippen LogP contribution is 2.23. The number of nitrogens with two attached hydrogens (primary N) is 1. The van der Waals surface area contributed by atoms with Crippen LogP contribution in [0.2, 0.25) is 0 Å². The molecule has 1 aromatic heterocycles. The number of carbonyl (C=O) groups is 1. The standard InChI is InChI=1S/C15H24N4O/c1-11(2)18-10-12-4-7-19(8-5-12)13-3-6-17-14(9-13)15(16)20/h3,6,9,11-12,18H,4-5,7-8,10H2,1-2H3,(H2,16,20).